The fourth-order valence-electron chi connectivity index (χ4n) is 2.47. The summed E-state index contributed by atoms with van der Waals surface area (Å²) in [5.41, 5.74) is 1.34. The lowest BCUT2D eigenvalue weighted by Crippen LogP contribution is -2.21. The summed E-state index contributed by atoms with van der Waals surface area (Å²) in [6.45, 7) is 6.51. The molecule has 1 heterocycles. The average Bonchev–Trinajstić information content (AvgIpc) is 2.84. The van der Waals surface area contributed by atoms with Gasteiger partial charge in [-0.25, -0.2) is 4.98 Å². The molecule has 0 saturated heterocycles. The van der Waals surface area contributed by atoms with Crippen molar-refractivity contribution in [2.75, 3.05) is 6.54 Å². The van der Waals surface area contributed by atoms with E-state index in [1.165, 1.54) is 31.4 Å². The maximum atomic E-state index is 4.29. The lowest BCUT2D eigenvalue weighted by Gasteiger charge is -2.15. The monoisotopic (exact) mass is 221 g/mol. The Morgan fingerprint density at radius 3 is 2.88 bits per heavy atom. The largest absolute Gasteiger partial charge is 0.330 e. The SMILES string of the molecule is CC(C)CNCc1cncn1C1CCCC1. The van der Waals surface area contributed by atoms with Crippen LogP contribution in [0.1, 0.15) is 51.3 Å². The van der Waals surface area contributed by atoms with Gasteiger partial charge in [0.25, 0.3) is 0 Å². The minimum atomic E-state index is 0.707. The molecule has 0 atom stereocenters. The van der Waals surface area contributed by atoms with Crippen molar-refractivity contribution >= 4 is 0 Å². The Morgan fingerprint density at radius 2 is 2.19 bits per heavy atom. The topological polar surface area (TPSA) is 29.9 Å². The van der Waals surface area contributed by atoms with Crippen molar-refractivity contribution in [2.24, 2.45) is 5.92 Å². The molecule has 0 unspecified atom stereocenters. The molecule has 1 aliphatic rings. The molecule has 1 N–H and O–H groups in total. The summed E-state index contributed by atoms with van der Waals surface area (Å²) in [5, 5.41) is 3.49. The Kier molecular flexibility index (Phi) is 3.99. The van der Waals surface area contributed by atoms with Crippen molar-refractivity contribution in [3.8, 4) is 0 Å². The van der Waals surface area contributed by atoms with Gasteiger partial charge in [-0.3, -0.25) is 0 Å². The van der Waals surface area contributed by atoms with Gasteiger partial charge >= 0.3 is 0 Å². The highest BCUT2D eigenvalue weighted by atomic mass is 15.1. The Balaban J connectivity index is 1.91. The van der Waals surface area contributed by atoms with Gasteiger partial charge in [0, 0.05) is 18.8 Å². The van der Waals surface area contributed by atoms with Crippen molar-refractivity contribution in [3.63, 3.8) is 0 Å². The first kappa shape index (κ1) is 11.6. The normalized spacial score (nSPS) is 17.4. The second kappa shape index (κ2) is 5.48. The van der Waals surface area contributed by atoms with Gasteiger partial charge in [-0.1, -0.05) is 26.7 Å². The lowest BCUT2D eigenvalue weighted by molar-refractivity contribution is 0.479. The summed E-state index contributed by atoms with van der Waals surface area (Å²) in [6.07, 6.45) is 9.42. The molecule has 2 rings (SSSR count). The maximum Gasteiger partial charge on any atom is 0.0951 e. The third-order valence-electron chi connectivity index (χ3n) is 3.32. The van der Waals surface area contributed by atoms with Crippen LogP contribution in [0.5, 0.6) is 0 Å². The van der Waals surface area contributed by atoms with Crippen LogP contribution in [0.15, 0.2) is 12.5 Å². The number of nitrogens with zero attached hydrogens (tertiary/aromatic N) is 2. The van der Waals surface area contributed by atoms with E-state index in [1.54, 1.807) is 0 Å². The minimum absolute atomic E-state index is 0.707. The zero-order valence-electron chi connectivity index (χ0n) is 10.4. The third kappa shape index (κ3) is 2.85. The second-order valence-electron chi connectivity index (χ2n) is 5.26. The van der Waals surface area contributed by atoms with E-state index in [4.69, 9.17) is 0 Å². The molecule has 3 heteroatoms. The predicted molar refractivity (Wildman–Crippen MR) is 66.3 cm³/mol. The van der Waals surface area contributed by atoms with Gasteiger partial charge in [0.15, 0.2) is 0 Å². The van der Waals surface area contributed by atoms with E-state index in [1.807, 2.05) is 12.5 Å². The first-order valence-electron chi connectivity index (χ1n) is 6.49. The first-order chi connectivity index (χ1) is 7.77. The fraction of sp³-hybridized carbons (Fsp3) is 0.769. The molecule has 0 radical (unpaired) electrons. The van der Waals surface area contributed by atoms with Crippen molar-refractivity contribution in [3.05, 3.63) is 18.2 Å². The molecule has 90 valence electrons. The van der Waals surface area contributed by atoms with Crippen LogP contribution >= 0.6 is 0 Å². The summed E-state index contributed by atoms with van der Waals surface area (Å²) in [7, 11) is 0. The van der Waals surface area contributed by atoms with E-state index < -0.39 is 0 Å². The van der Waals surface area contributed by atoms with Crippen LogP contribution in [0.25, 0.3) is 0 Å². The van der Waals surface area contributed by atoms with Crippen LogP contribution in [0.2, 0.25) is 0 Å². The van der Waals surface area contributed by atoms with Crippen LogP contribution in [0.3, 0.4) is 0 Å². The molecule has 1 aromatic rings. The van der Waals surface area contributed by atoms with Crippen LogP contribution in [0.4, 0.5) is 0 Å². The van der Waals surface area contributed by atoms with Gasteiger partial charge in [0.1, 0.15) is 0 Å². The summed E-state index contributed by atoms with van der Waals surface area (Å²) in [6, 6.07) is 0.707. The summed E-state index contributed by atoms with van der Waals surface area (Å²) in [5.74, 6) is 0.711. The molecule has 3 nitrogen and oxygen atoms in total. The predicted octanol–water partition coefficient (Wildman–Crippen LogP) is 2.74. The van der Waals surface area contributed by atoms with E-state index in [0.29, 0.717) is 12.0 Å². The second-order valence-corrected chi connectivity index (χ2v) is 5.26. The molecule has 0 aromatic carbocycles. The van der Waals surface area contributed by atoms with Crippen molar-refractivity contribution in [1.29, 1.82) is 0 Å². The van der Waals surface area contributed by atoms with Gasteiger partial charge in [0.2, 0.25) is 0 Å². The molecule has 1 saturated carbocycles. The van der Waals surface area contributed by atoms with E-state index >= 15 is 0 Å². The highest BCUT2D eigenvalue weighted by molar-refractivity contribution is 5.01. The highest BCUT2D eigenvalue weighted by Gasteiger charge is 2.18. The first-order valence-corrected chi connectivity index (χ1v) is 6.49. The molecule has 0 aliphatic heterocycles. The Bertz CT molecular complexity index is 311. The van der Waals surface area contributed by atoms with E-state index in [0.717, 1.165) is 13.1 Å². The molecule has 1 fully saturated rings. The highest BCUT2D eigenvalue weighted by Crippen LogP contribution is 2.30. The average molecular weight is 221 g/mol. The van der Waals surface area contributed by atoms with Gasteiger partial charge in [-0.15, -0.1) is 0 Å². The minimum Gasteiger partial charge on any atom is -0.330 e. The molecule has 16 heavy (non-hydrogen) atoms. The number of hydrogen-bond acceptors (Lipinski definition) is 2. The Hall–Kier alpha value is -0.830. The van der Waals surface area contributed by atoms with Gasteiger partial charge in [-0.05, 0) is 25.3 Å². The smallest absolute Gasteiger partial charge is 0.0951 e. The summed E-state index contributed by atoms with van der Waals surface area (Å²) >= 11 is 0. The van der Waals surface area contributed by atoms with E-state index in [2.05, 4.69) is 28.7 Å². The fourth-order valence-corrected chi connectivity index (χ4v) is 2.47. The molecule has 1 aromatic heterocycles. The molecule has 0 spiro atoms. The summed E-state index contributed by atoms with van der Waals surface area (Å²) < 4.78 is 2.38. The van der Waals surface area contributed by atoms with Crippen molar-refractivity contribution in [2.45, 2.75) is 52.1 Å². The number of imidazole rings is 1. The quantitative estimate of drug-likeness (QED) is 0.828. The number of hydrogen-bond donors (Lipinski definition) is 1. The van der Waals surface area contributed by atoms with E-state index in [-0.39, 0.29) is 0 Å². The van der Waals surface area contributed by atoms with Crippen LogP contribution in [-0.4, -0.2) is 16.1 Å². The maximum absolute atomic E-state index is 4.29. The van der Waals surface area contributed by atoms with Crippen molar-refractivity contribution < 1.29 is 0 Å². The van der Waals surface area contributed by atoms with Crippen LogP contribution < -0.4 is 5.32 Å². The lowest BCUT2D eigenvalue weighted by atomic mass is 10.2. The standard InChI is InChI=1S/C13H23N3/c1-11(2)7-14-8-13-9-15-10-16(13)12-5-3-4-6-12/h9-12,14H,3-8H2,1-2H3. The molecule has 0 amide bonds. The molecule has 0 bridgehead atoms. The van der Waals surface area contributed by atoms with Gasteiger partial charge in [0.05, 0.1) is 12.0 Å². The zero-order chi connectivity index (χ0) is 11.4. The molecule has 1 aliphatic carbocycles. The van der Waals surface area contributed by atoms with Gasteiger partial charge < -0.3 is 9.88 Å². The van der Waals surface area contributed by atoms with Crippen molar-refractivity contribution in [1.82, 2.24) is 14.9 Å². The molecular weight excluding hydrogens is 198 g/mol. The van der Waals surface area contributed by atoms with E-state index in [9.17, 15) is 0 Å². The third-order valence-corrected chi connectivity index (χ3v) is 3.32. The summed E-state index contributed by atoms with van der Waals surface area (Å²) in [4.78, 5) is 4.29. The number of nitrogens with one attached hydrogen (secondary N) is 1. The van der Waals surface area contributed by atoms with Gasteiger partial charge in [-0.2, -0.15) is 0 Å². The Morgan fingerprint density at radius 1 is 1.44 bits per heavy atom. The number of aromatic nitrogens is 2. The molecular formula is C13H23N3. The zero-order valence-corrected chi connectivity index (χ0v) is 10.4. The number of rotatable bonds is 5. The Labute approximate surface area is 98.3 Å². The van der Waals surface area contributed by atoms with Crippen LogP contribution in [0, 0.1) is 5.92 Å². The van der Waals surface area contributed by atoms with Crippen LogP contribution in [-0.2, 0) is 6.54 Å².